The highest BCUT2D eigenvalue weighted by molar-refractivity contribution is 6.63. The van der Waals surface area contributed by atoms with E-state index in [0.717, 1.165) is 27.5 Å². The number of Topliss-reactive ketones (excluding diaryl/α,β-unsaturated/α-hetero) is 1. The number of hydrogen-bond donors (Lipinski definition) is 5. The molecule has 0 radical (unpaired) electrons. The van der Waals surface area contributed by atoms with Gasteiger partial charge in [-0.3, -0.25) is 9.59 Å². The van der Waals surface area contributed by atoms with Crippen molar-refractivity contribution in [2.45, 2.75) is 59.2 Å². The molecule has 4 aromatic rings. The molecule has 268 valence electrons. The number of carbonyl (C=O) groups is 2. The van der Waals surface area contributed by atoms with Gasteiger partial charge in [0.2, 0.25) is 5.24 Å². The predicted octanol–water partition coefficient (Wildman–Crippen LogP) is 6.66. The van der Waals surface area contributed by atoms with E-state index in [-0.39, 0.29) is 35.7 Å². The molecule has 2 heterocycles. The number of nitrogens with two attached hydrogens (primary N) is 1. The summed E-state index contributed by atoms with van der Waals surface area (Å²) < 4.78 is 9.79. The highest BCUT2D eigenvalue weighted by Crippen LogP contribution is 2.34. The van der Waals surface area contributed by atoms with E-state index in [1.54, 1.807) is 34.6 Å². The molecule has 0 bridgehead atoms. The summed E-state index contributed by atoms with van der Waals surface area (Å²) in [5.74, 6) is -0.0675. The average molecular weight is 739 g/mol. The van der Waals surface area contributed by atoms with Crippen molar-refractivity contribution in [3.05, 3.63) is 64.4 Å². The van der Waals surface area contributed by atoms with Crippen LogP contribution in [-0.4, -0.2) is 81.9 Å². The molecule has 0 unspecified atom stereocenters. The number of nitrogen functional groups attached to an aromatic ring is 1. The smallest absolute Gasteiger partial charge is 0.247 e. The number of ether oxygens (including phenoxy) is 2. The number of hydrogen-bond acceptors (Lipinski definition) is 11. The van der Waals surface area contributed by atoms with E-state index in [0.29, 0.717) is 43.2 Å². The number of aliphatic hydroxyl groups is 2. The lowest BCUT2D eigenvalue weighted by Gasteiger charge is -2.22. The standard InChI is InChI=1S/C18H23ClN2O3.C13H16ClN3O.C4H7ClO2/c1-4-24-10-12(22)9-14-16(20-11-18(2,3)23)13-7-5-6-8-15(13)21-17(14)19;1-13(2,18)7-16-11-8-5-3-4-6-9(8)17-12(14)10(11)15;1-2-7-3-4(5)6/h5-8,23H,4,9-11H2,1-3H3,(H,20,21);3-6,18H,7,15H2,1-2H3,(H,16,17);2-3H2,1H3. The number of para-hydroxylation sites is 2. The molecule has 0 saturated heterocycles. The molecule has 0 aliphatic heterocycles. The second kappa shape index (κ2) is 19.8. The van der Waals surface area contributed by atoms with Crippen LogP contribution in [0.3, 0.4) is 0 Å². The predicted molar refractivity (Wildman–Crippen MR) is 200 cm³/mol. The zero-order valence-corrected chi connectivity index (χ0v) is 31.0. The minimum absolute atomic E-state index is 0.0258. The van der Waals surface area contributed by atoms with Gasteiger partial charge in [0, 0.05) is 49.1 Å². The van der Waals surface area contributed by atoms with Crippen LogP contribution in [0.15, 0.2) is 48.5 Å². The number of pyridine rings is 2. The van der Waals surface area contributed by atoms with Crippen molar-refractivity contribution in [3.8, 4) is 0 Å². The maximum atomic E-state index is 12.1. The van der Waals surface area contributed by atoms with E-state index in [9.17, 15) is 19.8 Å². The molecule has 0 amide bonds. The van der Waals surface area contributed by atoms with Crippen molar-refractivity contribution < 1.29 is 29.3 Å². The lowest BCUT2D eigenvalue weighted by atomic mass is 10.0. The summed E-state index contributed by atoms with van der Waals surface area (Å²) in [6.07, 6.45) is 0.130. The summed E-state index contributed by atoms with van der Waals surface area (Å²) >= 11 is 17.2. The molecule has 2 aromatic carbocycles. The first-order chi connectivity index (χ1) is 23.0. The van der Waals surface area contributed by atoms with Gasteiger partial charge in [-0.05, 0) is 65.3 Å². The minimum Gasteiger partial charge on any atom is -0.395 e. The normalized spacial score (nSPS) is 11.3. The lowest BCUT2D eigenvalue weighted by molar-refractivity contribution is -0.122. The Balaban J connectivity index is 0.000000293. The minimum atomic E-state index is -0.899. The van der Waals surface area contributed by atoms with Gasteiger partial charge in [-0.1, -0.05) is 59.6 Å². The van der Waals surface area contributed by atoms with Crippen LogP contribution in [0.1, 0.15) is 47.1 Å². The number of carbonyl (C=O) groups excluding carboxylic acids is 2. The van der Waals surface area contributed by atoms with Crippen molar-refractivity contribution in [1.29, 1.82) is 0 Å². The number of nitrogens with zero attached hydrogens (tertiary/aromatic N) is 2. The molecule has 6 N–H and O–H groups in total. The first-order valence-electron chi connectivity index (χ1n) is 15.7. The number of benzene rings is 2. The summed E-state index contributed by atoms with van der Waals surface area (Å²) in [5.41, 5.74) is 8.20. The monoisotopic (exact) mass is 737 g/mol. The number of anilines is 3. The van der Waals surface area contributed by atoms with Crippen LogP contribution >= 0.6 is 34.8 Å². The van der Waals surface area contributed by atoms with Gasteiger partial charge in [-0.25, -0.2) is 9.97 Å². The van der Waals surface area contributed by atoms with Gasteiger partial charge < -0.3 is 36.1 Å². The van der Waals surface area contributed by atoms with Crippen LogP contribution in [0.5, 0.6) is 0 Å². The van der Waals surface area contributed by atoms with Gasteiger partial charge in [-0.2, -0.15) is 0 Å². The molecule has 11 nitrogen and oxygen atoms in total. The van der Waals surface area contributed by atoms with Crippen LogP contribution in [0.2, 0.25) is 10.3 Å². The number of ketones is 1. The second-order valence-electron chi connectivity index (χ2n) is 12.2. The number of aromatic nitrogens is 2. The van der Waals surface area contributed by atoms with Crippen molar-refractivity contribution in [3.63, 3.8) is 0 Å². The fraction of sp³-hybridized carbons (Fsp3) is 0.429. The fourth-order valence-electron chi connectivity index (χ4n) is 4.23. The van der Waals surface area contributed by atoms with Gasteiger partial charge >= 0.3 is 0 Å². The van der Waals surface area contributed by atoms with Crippen molar-refractivity contribution >= 4 is 84.7 Å². The Morgan fingerprint density at radius 2 is 1.22 bits per heavy atom. The Kier molecular flexibility index (Phi) is 16.9. The van der Waals surface area contributed by atoms with Gasteiger partial charge in [0.25, 0.3) is 0 Å². The molecule has 0 spiro atoms. The highest BCUT2D eigenvalue weighted by Gasteiger charge is 2.20. The van der Waals surface area contributed by atoms with Crippen LogP contribution in [0.4, 0.5) is 17.1 Å². The van der Waals surface area contributed by atoms with Gasteiger partial charge in [-0.15, -0.1) is 0 Å². The zero-order chi connectivity index (χ0) is 36.8. The summed E-state index contributed by atoms with van der Waals surface area (Å²) in [6.45, 7) is 12.3. The van der Waals surface area contributed by atoms with E-state index < -0.39 is 16.4 Å². The number of fused-ring (bicyclic) bond motifs is 2. The highest BCUT2D eigenvalue weighted by atomic mass is 35.5. The third-order valence-corrected chi connectivity index (χ3v) is 7.19. The largest absolute Gasteiger partial charge is 0.395 e. The molecule has 0 aliphatic rings. The van der Waals surface area contributed by atoms with Crippen LogP contribution in [0.25, 0.3) is 21.8 Å². The average Bonchev–Trinajstić information content (AvgIpc) is 3.02. The van der Waals surface area contributed by atoms with Crippen molar-refractivity contribution in [1.82, 2.24) is 9.97 Å². The van der Waals surface area contributed by atoms with Gasteiger partial charge in [0.15, 0.2) is 10.9 Å². The molecule has 0 saturated carbocycles. The molecule has 0 atom stereocenters. The van der Waals surface area contributed by atoms with Crippen LogP contribution in [-0.2, 0) is 25.5 Å². The Morgan fingerprint density at radius 3 is 1.69 bits per heavy atom. The lowest BCUT2D eigenvalue weighted by Crippen LogP contribution is -2.30. The molecular formula is C35H46Cl3N5O6. The molecule has 14 heteroatoms. The Labute approximate surface area is 302 Å². The Hall–Kier alpha value is -3.29. The molecule has 4 rings (SSSR count). The SMILES string of the molecule is CC(C)(O)CNc1c(N)c(Cl)nc2ccccc12.CCOCC(=O)Cc1c(Cl)nc2ccccc2c1NCC(C)(C)O.CCOCC(=O)Cl. The first kappa shape index (κ1) is 41.9. The molecule has 0 aliphatic carbocycles. The van der Waals surface area contributed by atoms with E-state index in [2.05, 4.69) is 25.3 Å². The number of rotatable bonds is 14. The quantitative estimate of drug-likeness (QED) is 0.0693. The molecule has 0 fully saturated rings. The van der Waals surface area contributed by atoms with E-state index in [1.165, 1.54) is 0 Å². The van der Waals surface area contributed by atoms with Crippen molar-refractivity contribution in [2.75, 3.05) is 55.9 Å². The number of nitrogens with one attached hydrogen (secondary N) is 2. The third kappa shape index (κ3) is 14.6. The summed E-state index contributed by atoms with van der Waals surface area (Å²) in [6, 6.07) is 15.2. The molecular weight excluding hydrogens is 693 g/mol. The summed E-state index contributed by atoms with van der Waals surface area (Å²) in [5, 5.41) is 28.0. The van der Waals surface area contributed by atoms with Gasteiger partial charge in [0.1, 0.15) is 18.4 Å². The van der Waals surface area contributed by atoms with Crippen LogP contribution < -0.4 is 16.4 Å². The maximum absolute atomic E-state index is 12.1. The molecule has 49 heavy (non-hydrogen) atoms. The fourth-order valence-corrected chi connectivity index (χ4v) is 4.74. The van der Waals surface area contributed by atoms with Crippen molar-refractivity contribution in [2.24, 2.45) is 0 Å². The second-order valence-corrected chi connectivity index (χ2v) is 13.3. The maximum Gasteiger partial charge on any atom is 0.247 e. The zero-order valence-electron chi connectivity index (χ0n) is 28.7. The third-order valence-electron chi connectivity index (χ3n) is 6.48. The number of halogens is 3. The Morgan fingerprint density at radius 1 is 0.776 bits per heavy atom. The summed E-state index contributed by atoms with van der Waals surface area (Å²) in [4.78, 5) is 30.6. The van der Waals surface area contributed by atoms with Crippen LogP contribution in [0, 0.1) is 0 Å². The van der Waals surface area contributed by atoms with E-state index in [1.807, 2.05) is 55.5 Å². The first-order valence-corrected chi connectivity index (χ1v) is 16.8. The van der Waals surface area contributed by atoms with E-state index in [4.69, 9.17) is 45.3 Å². The topological polar surface area (TPSA) is 169 Å². The Bertz CT molecular complexity index is 1690. The molecule has 2 aromatic heterocycles. The van der Waals surface area contributed by atoms with E-state index >= 15 is 0 Å². The van der Waals surface area contributed by atoms with Gasteiger partial charge in [0.05, 0.1) is 39.3 Å². The summed E-state index contributed by atoms with van der Waals surface area (Å²) in [7, 11) is 0.